The molecule has 112 valence electrons. The van der Waals surface area contributed by atoms with Crippen molar-refractivity contribution in [3.05, 3.63) is 0 Å². The number of rotatable bonds is 10. The van der Waals surface area contributed by atoms with E-state index in [0.717, 1.165) is 51.9 Å². The molecule has 1 heterocycles. The van der Waals surface area contributed by atoms with E-state index in [9.17, 15) is 0 Å². The molecule has 4 nitrogen and oxygen atoms in total. The van der Waals surface area contributed by atoms with Gasteiger partial charge in [-0.05, 0) is 38.5 Å². The monoisotopic (exact) mass is 271 g/mol. The third-order valence-corrected chi connectivity index (χ3v) is 4.46. The van der Waals surface area contributed by atoms with Crippen LogP contribution in [0.2, 0.25) is 0 Å². The van der Waals surface area contributed by atoms with Crippen molar-refractivity contribution >= 4 is 0 Å². The van der Waals surface area contributed by atoms with Gasteiger partial charge in [0.1, 0.15) is 0 Å². The zero-order valence-electron chi connectivity index (χ0n) is 12.5. The van der Waals surface area contributed by atoms with Crippen molar-refractivity contribution in [2.45, 2.75) is 38.7 Å². The van der Waals surface area contributed by atoms with E-state index < -0.39 is 0 Å². The maximum atomic E-state index is 6.05. The number of ether oxygens (including phenoxy) is 3. The molecule has 1 saturated heterocycles. The molecule has 0 aromatic carbocycles. The minimum absolute atomic E-state index is 0.282. The summed E-state index contributed by atoms with van der Waals surface area (Å²) in [5.41, 5.74) is 0.282. The Bertz CT molecular complexity index is 258. The molecule has 2 atom stereocenters. The van der Waals surface area contributed by atoms with Crippen LogP contribution in [0.25, 0.3) is 0 Å². The van der Waals surface area contributed by atoms with Crippen molar-refractivity contribution in [1.29, 1.82) is 0 Å². The lowest BCUT2D eigenvalue weighted by atomic mass is 9.76. The summed E-state index contributed by atoms with van der Waals surface area (Å²) in [5.74, 6) is 0.799. The van der Waals surface area contributed by atoms with Gasteiger partial charge >= 0.3 is 0 Å². The molecule has 2 aliphatic rings. The van der Waals surface area contributed by atoms with Gasteiger partial charge in [-0.3, -0.25) is 0 Å². The lowest BCUT2D eigenvalue weighted by Crippen LogP contribution is -2.43. The standard InChI is InChI=1S/C15H29NO3/c1-3-18-9-6-15(12-16-8-11-17-2)7-10-19-14(15)13-4-5-13/h13-14,16H,3-12H2,1-2H3. The first kappa shape index (κ1) is 15.2. The molecule has 2 rings (SSSR count). The van der Waals surface area contributed by atoms with Crippen LogP contribution in [0.5, 0.6) is 0 Å². The zero-order chi connectivity index (χ0) is 13.6. The van der Waals surface area contributed by atoms with Crippen molar-refractivity contribution in [3.63, 3.8) is 0 Å². The second-order valence-electron chi connectivity index (χ2n) is 5.86. The Hall–Kier alpha value is -0.160. The van der Waals surface area contributed by atoms with E-state index in [1.165, 1.54) is 19.3 Å². The average molecular weight is 271 g/mol. The van der Waals surface area contributed by atoms with Crippen LogP contribution in [-0.4, -0.2) is 52.7 Å². The Morgan fingerprint density at radius 2 is 2.16 bits per heavy atom. The first-order valence-corrected chi connectivity index (χ1v) is 7.71. The van der Waals surface area contributed by atoms with Crippen molar-refractivity contribution in [2.24, 2.45) is 11.3 Å². The molecule has 19 heavy (non-hydrogen) atoms. The molecule has 0 radical (unpaired) electrons. The average Bonchev–Trinajstić information content (AvgIpc) is 3.18. The summed E-state index contributed by atoms with van der Waals surface area (Å²) in [5, 5.41) is 3.55. The molecule has 0 spiro atoms. The lowest BCUT2D eigenvalue weighted by Gasteiger charge is -2.34. The Morgan fingerprint density at radius 1 is 1.32 bits per heavy atom. The van der Waals surface area contributed by atoms with Gasteiger partial charge < -0.3 is 19.5 Å². The van der Waals surface area contributed by atoms with E-state index >= 15 is 0 Å². The van der Waals surface area contributed by atoms with E-state index in [-0.39, 0.29) is 5.41 Å². The maximum Gasteiger partial charge on any atom is 0.0673 e. The summed E-state index contributed by atoms with van der Waals surface area (Å²) in [4.78, 5) is 0. The van der Waals surface area contributed by atoms with E-state index in [1.807, 2.05) is 0 Å². The second-order valence-corrected chi connectivity index (χ2v) is 5.86. The van der Waals surface area contributed by atoms with Gasteiger partial charge in [0.05, 0.1) is 12.7 Å². The third-order valence-electron chi connectivity index (χ3n) is 4.46. The fourth-order valence-electron chi connectivity index (χ4n) is 3.22. The van der Waals surface area contributed by atoms with Gasteiger partial charge in [-0.15, -0.1) is 0 Å². The maximum absolute atomic E-state index is 6.05. The minimum atomic E-state index is 0.282. The first-order chi connectivity index (χ1) is 9.32. The van der Waals surface area contributed by atoms with Gasteiger partial charge in [0.15, 0.2) is 0 Å². The molecule has 1 aliphatic heterocycles. The van der Waals surface area contributed by atoms with Crippen molar-refractivity contribution < 1.29 is 14.2 Å². The Balaban J connectivity index is 1.87. The summed E-state index contributed by atoms with van der Waals surface area (Å²) in [6, 6.07) is 0. The fraction of sp³-hybridized carbons (Fsp3) is 1.00. The summed E-state index contributed by atoms with van der Waals surface area (Å²) >= 11 is 0. The quantitative estimate of drug-likeness (QED) is 0.615. The summed E-state index contributed by atoms with van der Waals surface area (Å²) in [6.07, 6.45) is 5.42. The van der Waals surface area contributed by atoms with Gasteiger partial charge in [0, 0.05) is 45.4 Å². The molecule has 0 aromatic rings. The second kappa shape index (κ2) is 7.58. The summed E-state index contributed by atoms with van der Waals surface area (Å²) in [6.45, 7) is 7.37. The molecule has 0 amide bonds. The number of nitrogens with one attached hydrogen (secondary N) is 1. The van der Waals surface area contributed by atoms with Gasteiger partial charge in [0.2, 0.25) is 0 Å². The van der Waals surface area contributed by atoms with Crippen molar-refractivity contribution in [3.8, 4) is 0 Å². The molecule has 0 bridgehead atoms. The Labute approximate surface area is 117 Å². The number of methoxy groups -OCH3 is 1. The highest BCUT2D eigenvalue weighted by molar-refractivity contribution is 5.00. The van der Waals surface area contributed by atoms with Gasteiger partial charge in [0.25, 0.3) is 0 Å². The van der Waals surface area contributed by atoms with E-state index in [0.29, 0.717) is 6.10 Å². The normalized spacial score (nSPS) is 30.9. The topological polar surface area (TPSA) is 39.7 Å². The molecule has 1 N–H and O–H groups in total. The molecule has 1 aliphatic carbocycles. The predicted octanol–water partition coefficient (Wildman–Crippen LogP) is 1.83. The van der Waals surface area contributed by atoms with Gasteiger partial charge in [-0.25, -0.2) is 0 Å². The highest BCUT2D eigenvalue weighted by Crippen LogP contribution is 2.49. The van der Waals surface area contributed by atoms with Crippen LogP contribution in [0.3, 0.4) is 0 Å². The Morgan fingerprint density at radius 3 is 2.84 bits per heavy atom. The van der Waals surface area contributed by atoms with Crippen LogP contribution < -0.4 is 5.32 Å². The predicted molar refractivity (Wildman–Crippen MR) is 75.4 cm³/mol. The van der Waals surface area contributed by atoms with Crippen LogP contribution in [0.15, 0.2) is 0 Å². The first-order valence-electron chi connectivity index (χ1n) is 7.71. The van der Waals surface area contributed by atoms with Gasteiger partial charge in [-0.1, -0.05) is 0 Å². The molecular weight excluding hydrogens is 242 g/mol. The largest absolute Gasteiger partial charge is 0.383 e. The molecule has 2 fully saturated rings. The van der Waals surface area contributed by atoms with Crippen molar-refractivity contribution in [1.82, 2.24) is 5.32 Å². The van der Waals surface area contributed by atoms with E-state index in [4.69, 9.17) is 14.2 Å². The number of hydrogen-bond donors (Lipinski definition) is 1. The molecular formula is C15H29NO3. The third kappa shape index (κ3) is 4.15. The molecule has 4 heteroatoms. The minimum Gasteiger partial charge on any atom is -0.383 e. The van der Waals surface area contributed by atoms with E-state index in [2.05, 4.69) is 12.2 Å². The summed E-state index contributed by atoms with van der Waals surface area (Å²) < 4.78 is 16.7. The molecule has 2 unspecified atom stereocenters. The summed E-state index contributed by atoms with van der Waals surface area (Å²) in [7, 11) is 1.75. The van der Waals surface area contributed by atoms with Crippen molar-refractivity contribution in [2.75, 3.05) is 46.6 Å². The van der Waals surface area contributed by atoms with Crippen LogP contribution >= 0.6 is 0 Å². The van der Waals surface area contributed by atoms with Crippen LogP contribution in [0.4, 0.5) is 0 Å². The van der Waals surface area contributed by atoms with Crippen LogP contribution in [0, 0.1) is 11.3 Å². The zero-order valence-corrected chi connectivity index (χ0v) is 12.5. The van der Waals surface area contributed by atoms with E-state index in [1.54, 1.807) is 7.11 Å². The highest BCUT2D eigenvalue weighted by atomic mass is 16.5. The SMILES string of the molecule is CCOCCC1(CNCCOC)CCOC1C1CC1. The van der Waals surface area contributed by atoms with Crippen LogP contribution in [-0.2, 0) is 14.2 Å². The highest BCUT2D eigenvalue weighted by Gasteiger charge is 2.50. The van der Waals surface area contributed by atoms with Gasteiger partial charge in [-0.2, -0.15) is 0 Å². The molecule has 0 aromatic heterocycles. The Kier molecular flexibility index (Phi) is 6.07. The van der Waals surface area contributed by atoms with Crippen LogP contribution in [0.1, 0.15) is 32.6 Å². The smallest absolute Gasteiger partial charge is 0.0673 e. The fourth-order valence-corrected chi connectivity index (χ4v) is 3.22. The number of hydrogen-bond acceptors (Lipinski definition) is 4. The molecule has 1 saturated carbocycles. The lowest BCUT2D eigenvalue weighted by molar-refractivity contribution is 0.00941.